The van der Waals surface area contributed by atoms with E-state index < -0.39 is 0 Å². The van der Waals surface area contributed by atoms with Gasteiger partial charge in [0.2, 0.25) is 5.91 Å². The van der Waals surface area contributed by atoms with Crippen molar-refractivity contribution < 1.29 is 14.3 Å². The van der Waals surface area contributed by atoms with Crippen LogP contribution in [-0.4, -0.2) is 25.3 Å². The molecule has 3 rings (SSSR count). The molecule has 1 amide bonds. The molecule has 1 aliphatic rings. The number of ether oxygens (including phenoxy) is 1. The molecule has 0 saturated carbocycles. The summed E-state index contributed by atoms with van der Waals surface area (Å²) in [5.41, 5.74) is 3.42. The fourth-order valence-electron chi connectivity index (χ4n) is 2.97. The molecule has 0 aromatic heterocycles. The lowest BCUT2D eigenvalue weighted by Gasteiger charge is -2.15. The van der Waals surface area contributed by atoms with E-state index in [0.29, 0.717) is 12.0 Å². The van der Waals surface area contributed by atoms with E-state index in [9.17, 15) is 9.59 Å². The minimum absolute atomic E-state index is 0.0807. The summed E-state index contributed by atoms with van der Waals surface area (Å²) in [6.07, 6.45) is 4.81. The fraction of sp³-hybridized carbons (Fsp3) is 0.238. The summed E-state index contributed by atoms with van der Waals surface area (Å²) in [7, 11) is 1.61. The zero-order chi connectivity index (χ0) is 17.8. The number of anilines is 1. The van der Waals surface area contributed by atoms with Crippen LogP contribution < -0.4 is 9.64 Å². The minimum atomic E-state index is -0.0807. The van der Waals surface area contributed by atoms with E-state index in [1.54, 1.807) is 36.3 Å². The zero-order valence-corrected chi connectivity index (χ0v) is 14.5. The number of carbonyl (C=O) groups excluding carboxylic acids is 2. The summed E-state index contributed by atoms with van der Waals surface area (Å²) in [6, 6.07) is 13.0. The second-order valence-corrected chi connectivity index (χ2v) is 6.14. The first-order valence-electron chi connectivity index (χ1n) is 8.36. The average Bonchev–Trinajstić information content (AvgIpc) is 3.06. The molecular weight excluding hydrogens is 314 g/mol. The van der Waals surface area contributed by atoms with Crippen LogP contribution in [0, 0.1) is 6.92 Å². The summed E-state index contributed by atoms with van der Waals surface area (Å²) in [6.45, 7) is 2.75. The normalized spacial score (nSPS) is 14.3. The molecule has 0 unspecified atom stereocenters. The minimum Gasteiger partial charge on any atom is -0.496 e. The van der Waals surface area contributed by atoms with Gasteiger partial charge in [0, 0.05) is 29.8 Å². The van der Waals surface area contributed by atoms with Gasteiger partial charge in [0.05, 0.1) is 7.11 Å². The highest BCUT2D eigenvalue weighted by Crippen LogP contribution is 2.23. The van der Waals surface area contributed by atoms with Gasteiger partial charge in [0.25, 0.3) is 0 Å². The van der Waals surface area contributed by atoms with E-state index in [1.807, 2.05) is 37.3 Å². The average molecular weight is 335 g/mol. The number of rotatable bonds is 5. The molecule has 0 N–H and O–H groups in total. The monoisotopic (exact) mass is 335 g/mol. The number of hydrogen-bond donors (Lipinski definition) is 0. The van der Waals surface area contributed by atoms with Gasteiger partial charge in [-0.2, -0.15) is 0 Å². The standard InChI is InChI=1S/C21H21NO3/c1-15-5-12-20(25-2)17(14-15)8-11-19(23)16-6-9-18(10-7-16)22-13-3-4-21(22)24/h5-12,14H,3-4,13H2,1-2H3/b11-8+. The van der Waals surface area contributed by atoms with Crippen molar-refractivity contribution in [2.24, 2.45) is 0 Å². The maximum Gasteiger partial charge on any atom is 0.227 e. The molecule has 2 aromatic rings. The molecule has 4 heteroatoms. The van der Waals surface area contributed by atoms with Crippen LogP contribution in [0.15, 0.2) is 48.5 Å². The molecule has 128 valence electrons. The van der Waals surface area contributed by atoms with Gasteiger partial charge >= 0.3 is 0 Å². The van der Waals surface area contributed by atoms with Crippen molar-refractivity contribution in [2.45, 2.75) is 19.8 Å². The summed E-state index contributed by atoms with van der Waals surface area (Å²) >= 11 is 0. The Kier molecular flexibility index (Phi) is 4.98. The van der Waals surface area contributed by atoms with E-state index in [2.05, 4.69) is 0 Å². The molecule has 0 spiro atoms. The topological polar surface area (TPSA) is 46.6 Å². The number of allylic oxidation sites excluding steroid dienone is 1. The number of carbonyl (C=O) groups is 2. The SMILES string of the molecule is COc1ccc(C)cc1/C=C/C(=O)c1ccc(N2CCCC2=O)cc1. The quantitative estimate of drug-likeness (QED) is 0.612. The molecule has 0 atom stereocenters. The molecule has 2 aromatic carbocycles. The molecule has 25 heavy (non-hydrogen) atoms. The third-order valence-corrected chi connectivity index (χ3v) is 4.34. The molecule has 0 aliphatic carbocycles. The Morgan fingerprint density at radius 3 is 2.56 bits per heavy atom. The highest BCUT2D eigenvalue weighted by atomic mass is 16.5. The molecule has 1 saturated heterocycles. The van der Waals surface area contributed by atoms with E-state index in [-0.39, 0.29) is 11.7 Å². The third-order valence-electron chi connectivity index (χ3n) is 4.34. The van der Waals surface area contributed by atoms with Gasteiger partial charge in [0.1, 0.15) is 5.75 Å². The number of ketones is 1. The van der Waals surface area contributed by atoms with Crippen LogP contribution in [0.1, 0.15) is 34.3 Å². The second-order valence-electron chi connectivity index (χ2n) is 6.14. The van der Waals surface area contributed by atoms with E-state index in [4.69, 9.17) is 4.74 Å². The van der Waals surface area contributed by atoms with Crippen molar-refractivity contribution >= 4 is 23.5 Å². The zero-order valence-electron chi connectivity index (χ0n) is 14.5. The van der Waals surface area contributed by atoms with Gasteiger partial charge in [-0.15, -0.1) is 0 Å². The van der Waals surface area contributed by atoms with E-state index >= 15 is 0 Å². The van der Waals surface area contributed by atoms with Crippen molar-refractivity contribution in [1.82, 2.24) is 0 Å². The summed E-state index contributed by atoms with van der Waals surface area (Å²) in [5.74, 6) is 0.797. The van der Waals surface area contributed by atoms with Crippen molar-refractivity contribution in [3.8, 4) is 5.75 Å². The molecular formula is C21H21NO3. The van der Waals surface area contributed by atoms with Crippen LogP contribution in [0.4, 0.5) is 5.69 Å². The van der Waals surface area contributed by atoms with Crippen LogP contribution in [0.2, 0.25) is 0 Å². The first-order valence-corrected chi connectivity index (χ1v) is 8.36. The van der Waals surface area contributed by atoms with Crippen LogP contribution >= 0.6 is 0 Å². The second kappa shape index (κ2) is 7.34. The smallest absolute Gasteiger partial charge is 0.227 e. The largest absolute Gasteiger partial charge is 0.496 e. The van der Waals surface area contributed by atoms with Crippen molar-refractivity contribution in [3.05, 3.63) is 65.2 Å². The van der Waals surface area contributed by atoms with Gasteiger partial charge in [-0.1, -0.05) is 11.6 Å². The maximum absolute atomic E-state index is 12.4. The van der Waals surface area contributed by atoms with E-state index in [1.165, 1.54) is 0 Å². The Hall–Kier alpha value is -2.88. The summed E-state index contributed by atoms with van der Waals surface area (Å²) in [5, 5.41) is 0. The van der Waals surface area contributed by atoms with Crippen molar-refractivity contribution in [3.63, 3.8) is 0 Å². The van der Waals surface area contributed by atoms with Crippen LogP contribution in [0.25, 0.3) is 6.08 Å². The van der Waals surface area contributed by atoms with Gasteiger partial charge in [-0.3, -0.25) is 9.59 Å². The number of methoxy groups -OCH3 is 1. The Morgan fingerprint density at radius 1 is 1.16 bits per heavy atom. The number of aryl methyl sites for hydroxylation is 1. The number of benzene rings is 2. The van der Waals surface area contributed by atoms with E-state index in [0.717, 1.165) is 35.5 Å². The van der Waals surface area contributed by atoms with Crippen molar-refractivity contribution in [1.29, 1.82) is 0 Å². The number of nitrogens with zero attached hydrogens (tertiary/aromatic N) is 1. The first kappa shape index (κ1) is 17.0. The van der Waals surface area contributed by atoms with Crippen LogP contribution in [-0.2, 0) is 4.79 Å². The molecule has 4 nitrogen and oxygen atoms in total. The Bertz CT molecular complexity index is 822. The van der Waals surface area contributed by atoms with Gasteiger partial charge in [0.15, 0.2) is 5.78 Å². The predicted octanol–water partition coefficient (Wildman–Crippen LogP) is 4.03. The van der Waals surface area contributed by atoms with Gasteiger partial charge < -0.3 is 9.64 Å². The Labute approximate surface area is 147 Å². The predicted molar refractivity (Wildman–Crippen MR) is 99.1 cm³/mol. The number of hydrogen-bond acceptors (Lipinski definition) is 3. The first-order chi connectivity index (χ1) is 12.1. The maximum atomic E-state index is 12.4. The lowest BCUT2D eigenvalue weighted by Crippen LogP contribution is -2.23. The fourth-order valence-corrected chi connectivity index (χ4v) is 2.97. The highest BCUT2D eigenvalue weighted by molar-refractivity contribution is 6.07. The molecule has 0 bridgehead atoms. The molecule has 1 fully saturated rings. The lowest BCUT2D eigenvalue weighted by atomic mass is 10.1. The molecule has 1 heterocycles. The summed E-state index contributed by atoms with van der Waals surface area (Å²) < 4.78 is 5.32. The molecule has 0 radical (unpaired) electrons. The Balaban J connectivity index is 1.75. The third kappa shape index (κ3) is 3.79. The summed E-state index contributed by atoms with van der Waals surface area (Å²) in [4.78, 5) is 25.9. The van der Waals surface area contributed by atoms with Gasteiger partial charge in [-0.05, 0) is 61.9 Å². The van der Waals surface area contributed by atoms with Gasteiger partial charge in [-0.25, -0.2) is 0 Å². The lowest BCUT2D eigenvalue weighted by molar-refractivity contribution is -0.117. The van der Waals surface area contributed by atoms with Crippen molar-refractivity contribution in [2.75, 3.05) is 18.6 Å². The van der Waals surface area contributed by atoms with Crippen LogP contribution in [0.3, 0.4) is 0 Å². The Morgan fingerprint density at radius 2 is 1.92 bits per heavy atom. The molecule has 1 aliphatic heterocycles. The highest BCUT2D eigenvalue weighted by Gasteiger charge is 2.21. The number of amides is 1. The van der Waals surface area contributed by atoms with Crippen LogP contribution in [0.5, 0.6) is 5.75 Å².